The fourth-order valence-corrected chi connectivity index (χ4v) is 2.61. The van der Waals surface area contributed by atoms with Gasteiger partial charge in [0.25, 0.3) is 0 Å². The van der Waals surface area contributed by atoms with Crippen LogP contribution in [0.2, 0.25) is 0 Å². The third kappa shape index (κ3) is 4.51. The third-order valence-electron chi connectivity index (χ3n) is 3.94. The van der Waals surface area contributed by atoms with Crippen molar-refractivity contribution in [2.75, 3.05) is 14.2 Å². The molecule has 0 heterocycles. The fraction of sp³-hybridized carbons (Fsp3) is 0.350. The van der Waals surface area contributed by atoms with Crippen LogP contribution in [-0.4, -0.2) is 31.1 Å². The van der Waals surface area contributed by atoms with E-state index in [1.807, 2.05) is 67.3 Å². The number of hydrogen-bond donors (Lipinski definition) is 0. The number of amides is 1. The third-order valence-corrected chi connectivity index (χ3v) is 3.94. The summed E-state index contributed by atoms with van der Waals surface area (Å²) in [4.78, 5) is 14.7. The number of rotatable bonds is 7. The van der Waals surface area contributed by atoms with Crippen LogP contribution in [0.15, 0.2) is 48.5 Å². The standard InChI is InChI=1S/C20H25NO3/c1-15(2)21(14-16-8-6-5-7-9-16)20(22)13-17-10-11-18(23-3)19(12-17)24-4/h5-12,15H,13-14H2,1-4H3. The molecule has 0 radical (unpaired) electrons. The number of nitrogens with zero attached hydrogens (tertiary/aromatic N) is 1. The van der Waals surface area contributed by atoms with E-state index in [0.29, 0.717) is 24.5 Å². The van der Waals surface area contributed by atoms with Crippen LogP contribution in [0, 0.1) is 0 Å². The molecule has 1 amide bonds. The smallest absolute Gasteiger partial charge is 0.227 e. The predicted octanol–water partition coefficient (Wildman–Crippen LogP) is 3.68. The second-order valence-corrected chi connectivity index (χ2v) is 5.97. The molecule has 0 atom stereocenters. The minimum Gasteiger partial charge on any atom is -0.493 e. The lowest BCUT2D eigenvalue weighted by Crippen LogP contribution is -2.37. The summed E-state index contributed by atoms with van der Waals surface area (Å²) in [7, 11) is 3.20. The van der Waals surface area contributed by atoms with Crippen LogP contribution in [0.3, 0.4) is 0 Å². The van der Waals surface area contributed by atoms with Gasteiger partial charge in [-0.25, -0.2) is 0 Å². The summed E-state index contributed by atoms with van der Waals surface area (Å²) in [5, 5.41) is 0. The van der Waals surface area contributed by atoms with Gasteiger partial charge in [-0.2, -0.15) is 0 Å². The maximum Gasteiger partial charge on any atom is 0.227 e. The van der Waals surface area contributed by atoms with Gasteiger partial charge in [0.05, 0.1) is 20.6 Å². The topological polar surface area (TPSA) is 38.8 Å². The van der Waals surface area contributed by atoms with E-state index in [4.69, 9.17) is 9.47 Å². The molecule has 24 heavy (non-hydrogen) atoms. The maximum absolute atomic E-state index is 12.8. The Morgan fingerprint density at radius 3 is 2.21 bits per heavy atom. The molecule has 0 spiro atoms. The largest absolute Gasteiger partial charge is 0.493 e. The Bertz CT molecular complexity index is 668. The van der Waals surface area contributed by atoms with Crippen molar-refractivity contribution in [3.8, 4) is 11.5 Å². The Morgan fingerprint density at radius 2 is 1.62 bits per heavy atom. The first-order chi connectivity index (χ1) is 11.5. The van der Waals surface area contributed by atoms with E-state index in [1.54, 1.807) is 14.2 Å². The molecule has 0 aliphatic heterocycles. The van der Waals surface area contributed by atoms with E-state index in [0.717, 1.165) is 11.1 Å². The van der Waals surface area contributed by atoms with Crippen molar-refractivity contribution >= 4 is 5.91 Å². The molecule has 0 bridgehead atoms. The highest BCUT2D eigenvalue weighted by Gasteiger charge is 2.18. The second kappa shape index (κ2) is 8.39. The zero-order valence-electron chi connectivity index (χ0n) is 14.8. The SMILES string of the molecule is COc1ccc(CC(=O)N(Cc2ccccc2)C(C)C)cc1OC. The number of carbonyl (C=O) groups excluding carboxylic acids is 1. The molecule has 0 N–H and O–H groups in total. The van der Waals surface area contributed by atoms with Gasteiger partial charge in [0, 0.05) is 12.6 Å². The Kier molecular flexibility index (Phi) is 6.24. The van der Waals surface area contributed by atoms with E-state index in [2.05, 4.69) is 0 Å². The summed E-state index contributed by atoms with van der Waals surface area (Å²) in [6.45, 7) is 4.69. The molecule has 0 aromatic heterocycles. The van der Waals surface area contributed by atoms with Crippen molar-refractivity contribution in [2.45, 2.75) is 32.9 Å². The van der Waals surface area contributed by atoms with Crippen LogP contribution in [0.25, 0.3) is 0 Å². The van der Waals surface area contributed by atoms with Crippen molar-refractivity contribution < 1.29 is 14.3 Å². The summed E-state index contributed by atoms with van der Waals surface area (Å²) < 4.78 is 10.6. The molecule has 2 aromatic carbocycles. The number of carbonyl (C=O) groups is 1. The molecule has 4 nitrogen and oxygen atoms in total. The maximum atomic E-state index is 12.8. The van der Waals surface area contributed by atoms with Crippen LogP contribution >= 0.6 is 0 Å². The van der Waals surface area contributed by atoms with Gasteiger partial charge < -0.3 is 14.4 Å². The molecule has 0 unspecified atom stereocenters. The van der Waals surface area contributed by atoms with Crippen LogP contribution in [-0.2, 0) is 17.8 Å². The van der Waals surface area contributed by atoms with Crippen molar-refractivity contribution in [3.05, 3.63) is 59.7 Å². The molecule has 0 aliphatic carbocycles. The Hall–Kier alpha value is -2.49. The van der Waals surface area contributed by atoms with Crippen molar-refractivity contribution in [1.29, 1.82) is 0 Å². The minimum atomic E-state index is 0.0982. The highest BCUT2D eigenvalue weighted by Crippen LogP contribution is 2.28. The molecule has 0 saturated heterocycles. The molecule has 2 rings (SSSR count). The van der Waals surface area contributed by atoms with E-state index >= 15 is 0 Å². The average molecular weight is 327 g/mol. The average Bonchev–Trinajstić information content (AvgIpc) is 2.60. The van der Waals surface area contributed by atoms with Gasteiger partial charge in [0.2, 0.25) is 5.91 Å². The van der Waals surface area contributed by atoms with Gasteiger partial charge in [0.15, 0.2) is 11.5 Å². The Labute approximate surface area is 144 Å². The lowest BCUT2D eigenvalue weighted by atomic mass is 10.1. The first-order valence-electron chi connectivity index (χ1n) is 8.09. The van der Waals surface area contributed by atoms with E-state index in [9.17, 15) is 4.79 Å². The van der Waals surface area contributed by atoms with E-state index in [-0.39, 0.29) is 11.9 Å². The van der Waals surface area contributed by atoms with E-state index in [1.165, 1.54) is 0 Å². The fourth-order valence-electron chi connectivity index (χ4n) is 2.61. The lowest BCUT2D eigenvalue weighted by molar-refractivity contribution is -0.132. The summed E-state index contributed by atoms with van der Waals surface area (Å²) in [6, 6.07) is 15.8. The second-order valence-electron chi connectivity index (χ2n) is 5.97. The number of hydrogen-bond acceptors (Lipinski definition) is 3. The Balaban J connectivity index is 2.13. The van der Waals surface area contributed by atoms with Gasteiger partial charge >= 0.3 is 0 Å². The molecule has 0 saturated carbocycles. The molecule has 4 heteroatoms. The van der Waals surface area contributed by atoms with Crippen LogP contribution in [0.1, 0.15) is 25.0 Å². The number of benzene rings is 2. The first-order valence-corrected chi connectivity index (χ1v) is 8.09. The van der Waals surface area contributed by atoms with Gasteiger partial charge in [-0.3, -0.25) is 4.79 Å². The summed E-state index contributed by atoms with van der Waals surface area (Å²) >= 11 is 0. The van der Waals surface area contributed by atoms with E-state index < -0.39 is 0 Å². The molecular weight excluding hydrogens is 302 g/mol. The quantitative estimate of drug-likeness (QED) is 0.778. The highest BCUT2D eigenvalue weighted by molar-refractivity contribution is 5.79. The Morgan fingerprint density at radius 1 is 0.958 bits per heavy atom. The predicted molar refractivity (Wildman–Crippen MR) is 95.4 cm³/mol. The van der Waals surface area contributed by atoms with Gasteiger partial charge in [-0.1, -0.05) is 36.4 Å². The zero-order valence-corrected chi connectivity index (χ0v) is 14.8. The number of methoxy groups -OCH3 is 2. The van der Waals surface area contributed by atoms with Crippen molar-refractivity contribution in [1.82, 2.24) is 4.90 Å². The van der Waals surface area contributed by atoms with Gasteiger partial charge in [-0.15, -0.1) is 0 Å². The normalized spacial score (nSPS) is 10.5. The zero-order chi connectivity index (χ0) is 17.5. The number of ether oxygens (including phenoxy) is 2. The van der Waals surface area contributed by atoms with Gasteiger partial charge in [0.1, 0.15) is 0 Å². The monoisotopic (exact) mass is 327 g/mol. The molecule has 128 valence electrons. The van der Waals surface area contributed by atoms with Crippen molar-refractivity contribution in [3.63, 3.8) is 0 Å². The molecular formula is C20H25NO3. The molecule has 0 fully saturated rings. The summed E-state index contributed by atoms with van der Waals surface area (Å²) in [6.07, 6.45) is 0.339. The van der Waals surface area contributed by atoms with Crippen LogP contribution < -0.4 is 9.47 Å². The van der Waals surface area contributed by atoms with Crippen LogP contribution in [0.5, 0.6) is 11.5 Å². The lowest BCUT2D eigenvalue weighted by Gasteiger charge is -2.27. The first kappa shape index (κ1) is 17.9. The van der Waals surface area contributed by atoms with Crippen LogP contribution in [0.4, 0.5) is 0 Å². The summed E-state index contributed by atoms with van der Waals surface area (Å²) in [5.74, 6) is 1.40. The van der Waals surface area contributed by atoms with Crippen molar-refractivity contribution in [2.24, 2.45) is 0 Å². The highest BCUT2D eigenvalue weighted by atomic mass is 16.5. The molecule has 2 aromatic rings. The molecule has 0 aliphatic rings. The summed E-state index contributed by atoms with van der Waals surface area (Å²) in [5.41, 5.74) is 2.04. The minimum absolute atomic E-state index is 0.0982. The van der Waals surface area contributed by atoms with Gasteiger partial charge in [-0.05, 0) is 37.1 Å².